The van der Waals surface area contributed by atoms with Gasteiger partial charge in [-0.1, -0.05) is 42.5 Å². The maximum absolute atomic E-state index is 5.79. The lowest BCUT2D eigenvalue weighted by Crippen LogP contribution is -2.12. The molecule has 0 saturated heterocycles. The summed E-state index contributed by atoms with van der Waals surface area (Å²) in [5.41, 5.74) is 1.10. The van der Waals surface area contributed by atoms with Crippen molar-refractivity contribution < 1.29 is 14.2 Å². The maximum atomic E-state index is 5.79. The normalized spacial score (nSPS) is 11.9. The second-order valence-electron chi connectivity index (χ2n) is 4.10. The minimum Gasteiger partial charge on any atom is -0.493 e. The van der Waals surface area contributed by atoms with Crippen LogP contribution in [0.25, 0.3) is 0 Å². The van der Waals surface area contributed by atoms with Crippen LogP contribution in [0.15, 0.2) is 54.6 Å². The minimum atomic E-state index is -0.0916. The van der Waals surface area contributed by atoms with Crippen molar-refractivity contribution in [2.75, 3.05) is 20.8 Å². The van der Waals surface area contributed by atoms with Crippen LogP contribution < -0.4 is 9.47 Å². The van der Waals surface area contributed by atoms with Gasteiger partial charge in [-0.3, -0.25) is 0 Å². The van der Waals surface area contributed by atoms with E-state index in [4.69, 9.17) is 14.2 Å². The molecule has 3 nitrogen and oxygen atoms in total. The molecule has 0 aromatic heterocycles. The molecule has 0 amide bonds. The van der Waals surface area contributed by atoms with Crippen LogP contribution >= 0.6 is 0 Å². The molecule has 0 fully saturated rings. The highest BCUT2D eigenvalue weighted by Crippen LogP contribution is 2.27. The molecule has 0 N–H and O–H groups in total. The fraction of sp³-hybridized carbons (Fsp3) is 0.250. The van der Waals surface area contributed by atoms with Crippen molar-refractivity contribution in [1.82, 2.24) is 0 Å². The molecule has 2 rings (SSSR count). The summed E-state index contributed by atoms with van der Waals surface area (Å²) in [6, 6.07) is 17.6. The smallest absolute Gasteiger partial charge is 0.161 e. The number of hydrogen-bond donors (Lipinski definition) is 0. The van der Waals surface area contributed by atoms with Crippen LogP contribution in [-0.2, 0) is 4.74 Å². The molecule has 1 atom stereocenters. The Balaban J connectivity index is 2.04. The molecule has 0 aliphatic rings. The molecule has 0 spiro atoms. The molecule has 19 heavy (non-hydrogen) atoms. The Morgan fingerprint density at radius 3 is 2.11 bits per heavy atom. The number of methoxy groups -OCH3 is 2. The van der Waals surface area contributed by atoms with Crippen LogP contribution in [0.2, 0.25) is 0 Å². The van der Waals surface area contributed by atoms with Gasteiger partial charge in [0.05, 0.1) is 7.11 Å². The van der Waals surface area contributed by atoms with Crippen LogP contribution in [0.1, 0.15) is 11.7 Å². The molecule has 100 valence electrons. The van der Waals surface area contributed by atoms with Gasteiger partial charge >= 0.3 is 0 Å². The third kappa shape index (κ3) is 3.48. The fourth-order valence-electron chi connectivity index (χ4n) is 1.87. The van der Waals surface area contributed by atoms with Crippen LogP contribution in [-0.4, -0.2) is 20.8 Å². The first-order valence-corrected chi connectivity index (χ1v) is 6.18. The standard InChI is InChI=1S/C16H18O3/c1-17-14-10-6-7-11-15(14)19-12-16(18-2)13-8-4-3-5-9-13/h3-11,16H,12H2,1-2H3/t16-/m0/s1. The second kappa shape index (κ2) is 6.81. The highest BCUT2D eigenvalue weighted by molar-refractivity contribution is 5.39. The zero-order chi connectivity index (χ0) is 13.5. The van der Waals surface area contributed by atoms with E-state index in [1.807, 2.05) is 54.6 Å². The highest BCUT2D eigenvalue weighted by Gasteiger charge is 2.12. The van der Waals surface area contributed by atoms with Gasteiger partial charge in [0, 0.05) is 7.11 Å². The van der Waals surface area contributed by atoms with Gasteiger partial charge in [0.25, 0.3) is 0 Å². The summed E-state index contributed by atoms with van der Waals surface area (Å²) in [6.07, 6.45) is -0.0916. The quantitative estimate of drug-likeness (QED) is 0.794. The van der Waals surface area contributed by atoms with Gasteiger partial charge in [-0.05, 0) is 17.7 Å². The van der Waals surface area contributed by atoms with E-state index in [0.717, 1.165) is 17.1 Å². The molecule has 0 heterocycles. The zero-order valence-electron chi connectivity index (χ0n) is 11.2. The second-order valence-corrected chi connectivity index (χ2v) is 4.10. The molecule has 2 aromatic carbocycles. The van der Waals surface area contributed by atoms with Crippen molar-refractivity contribution in [3.8, 4) is 11.5 Å². The van der Waals surface area contributed by atoms with Gasteiger partial charge in [0.15, 0.2) is 11.5 Å². The van der Waals surface area contributed by atoms with E-state index in [0.29, 0.717) is 6.61 Å². The lowest BCUT2D eigenvalue weighted by molar-refractivity contribution is 0.0566. The van der Waals surface area contributed by atoms with Gasteiger partial charge in [0.1, 0.15) is 12.7 Å². The fourth-order valence-corrected chi connectivity index (χ4v) is 1.87. The van der Waals surface area contributed by atoms with E-state index in [1.54, 1.807) is 14.2 Å². The average Bonchev–Trinajstić information content (AvgIpc) is 2.49. The van der Waals surface area contributed by atoms with Crippen LogP contribution in [0.4, 0.5) is 0 Å². The summed E-state index contributed by atoms with van der Waals surface area (Å²) in [5, 5.41) is 0. The van der Waals surface area contributed by atoms with Crippen molar-refractivity contribution in [1.29, 1.82) is 0 Å². The molecule has 2 aromatic rings. The largest absolute Gasteiger partial charge is 0.493 e. The van der Waals surface area contributed by atoms with E-state index in [1.165, 1.54) is 0 Å². The molecule has 3 heteroatoms. The molecule has 0 radical (unpaired) electrons. The van der Waals surface area contributed by atoms with Gasteiger partial charge < -0.3 is 14.2 Å². The van der Waals surface area contributed by atoms with E-state index >= 15 is 0 Å². The summed E-state index contributed by atoms with van der Waals surface area (Å²) in [7, 11) is 3.32. The van der Waals surface area contributed by atoms with Crippen molar-refractivity contribution in [2.24, 2.45) is 0 Å². The predicted octanol–water partition coefficient (Wildman–Crippen LogP) is 3.46. The third-order valence-corrected chi connectivity index (χ3v) is 2.92. The molecular weight excluding hydrogens is 240 g/mol. The molecular formula is C16H18O3. The summed E-state index contributed by atoms with van der Waals surface area (Å²) in [6.45, 7) is 0.445. The average molecular weight is 258 g/mol. The number of hydrogen-bond acceptors (Lipinski definition) is 3. The minimum absolute atomic E-state index is 0.0916. The van der Waals surface area contributed by atoms with Crippen LogP contribution in [0.3, 0.4) is 0 Å². The zero-order valence-corrected chi connectivity index (χ0v) is 11.2. The first-order valence-electron chi connectivity index (χ1n) is 6.18. The number of benzene rings is 2. The lowest BCUT2D eigenvalue weighted by atomic mass is 10.1. The topological polar surface area (TPSA) is 27.7 Å². The summed E-state index contributed by atoms with van der Waals surface area (Å²) >= 11 is 0. The highest BCUT2D eigenvalue weighted by atomic mass is 16.5. The van der Waals surface area contributed by atoms with Crippen molar-refractivity contribution in [2.45, 2.75) is 6.10 Å². The Hall–Kier alpha value is -2.00. The molecule has 0 aliphatic carbocycles. The summed E-state index contributed by atoms with van der Waals surface area (Å²) < 4.78 is 16.5. The summed E-state index contributed by atoms with van der Waals surface area (Å²) in [4.78, 5) is 0. The first kappa shape index (κ1) is 13.4. The van der Waals surface area contributed by atoms with E-state index < -0.39 is 0 Å². The predicted molar refractivity (Wildman–Crippen MR) is 74.7 cm³/mol. The molecule has 0 aliphatic heterocycles. The van der Waals surface area contributed by atoms with E-state index in [-0.39, 0.29) is 6.10 Å². The molecule has 0 unspecified atom stereocenters. The van der Waals surface area contributed by atoms with E-state index in [9.17, 15) is 0 Å². The molecule has 0 bridgehead atoms. The van der Waals surface area contributed by atoms with Crippen LogP contribution in [0.5, 0.6) is 11.5 Å². The van der Waals surface area contributed by atoms with Gasteiger partial charge in [0.2, 0.25) is 0 Å². The Bertz CT molecular complexity index is 496. The SMILES string of the molecule is COc1ccccc1OC[C@H](OC)c1ccccc1. The Kier molecular flexibility index (Phi) is 4.81. The number of rotatable bonds is 6. The monoisotopic (exact) mass is 258 g/mol. The lowest BCUT2D eigenvalue weighted by Gasteiger charge is -2.17. The Morgan fingerprint density at radius 1 is 0.842 bits per heavy atom. The van der Waals surface area contributed by atoms with Gasteiger partial charge in [-0.15, -0.1) is 0 Å². The van der Waals surface area contributed by atoms with Gasteiger partial charge in [-0.25, -0.2) is 0 Å². The Morgan fingerprint density at radius 2 is 1.47 bits per heavy atom. The van der Waals surface area contributed by atoms with Crippen molar-refractivity contribution >= 4 is 0 Å². The molecule has 0 saturated carbocycles. The van der Waals surface area contributed by atoms with E-state index in [2.05, 4.69) is 0 Å². The van der Waals surface area contributed by atoms with Crippen LogP contribution in [0, 0.1) is 0 Å². The van der Waals surface area contributed by atoms with Gasteiger partial charge in [-0.2, -0.15) is 0 Å². The number of para-hydroxylation sites is 2. The maximum Gasteiger partial charge on any atom is 0.161 e. The van der Waals surface area contributed by atoms with Crippen molar-refractivity contribution in [3.05, 3.63) is 60.2 Å². The number of ether oxygens (including phenoxy) is 3. The third-order valence-electron chi connectivity index (χ3n) is 2.92. The van der Waals surface area contributed by atoms with Crippen molar-refractivity contribution in [3.63, 3.8) is 0 Å². The first-order chi connectivity index (χ1) is 9.35. The Labute approximate surface area is 113 Å². The summed E-state index contributed by atoms with van der Waals surface area (Å²) in [5.74, 6) is 1.45.